The molecule has 140 valence electrons. The summed E-state index contributed by atoms with van der Waals surface area (Å²) in [6.45, 7) is 3.55. The van der Waals surface area contributed by atoms with Crippen molar-refractivity contribution in [2.75, 3.05) is 6.61 Å². The topological polar surface area (TPSA) is 91.4 Å². The molecule has 0 saturated heterocycles. The Morgan fingerprint density at radius 2 is 2.04 bits per heavy atom. The van der Waals surface area contributed by atoms with E-state index in [2.05, 4.69) is 5.10 Å². The van der Waals surface area contributed by atoms with Crippen molar-refractivity contribution in [2.45, 2.75) is 26.8 Å². The molecule has 7 nitrogen and oxygen atoms in total. The normalized spacial score (nSPS) is 10.7. The van der Waals surface area contributed by atoms with Crippen LogP contribution < -0.4 is 5.76 Å². The lowest BCUT2D eigenvalue weighted by atomic mass is 10.0. The highest BCUT2D eigenvalue weighted by Gasteiger charge is 2.14. The van der Waals surface area contributed by atoms with Gasteiger partial charge in [0, 0.05) is 5.56 Å². The van der Waals surface area contributed by atoms with Crippen LogP contribution >= 0.6 is 11.3 Å². The van der Waals surface area contributed by atoms with Crippen molar-refractivity contribution in [1.29, 1.82) is 0 Å². The summed E-state index contributed by atoms with van der Waals surface area (Å²) in [5, 5.41) is 5.90. The molecule has 0 amide bonds. The number of rotatable bonds is 7. The van der Waals surface area contributed by atoms with E-state index in [1.807, 2.05) is 31.4 Å². The zero-order valence-corrected chi connectivity index (χ0v) is 15.7. The van der Waals surface area contributed by atoms with Crippen LogP contribution in [0, 0.1) is 13.8 Å². The fraction of sp³-hybridized carbons (Fsp3) is 0.263. The van der Waals surface area contributed by atoms with Gasteiger partial charge in [-0.25, -0.2) is 4.79 Å². The average molecular weight is 386 g/mol. The van der Waals surface area contributed by atoms with Crippen LogP contribution in [-0.2, 0) is 16.1 Å². The Bertz CT molecular complexity index is 1020. The van der Waals surface area contributed by atoms with Crippen molar-refractivity contribution in [1.82, 2.24) is 9.78 Å². The summed E-state index contributed by atoms with van der Waals surface area (Å²) in [6.07, 6.45) is -0.0868. The van der Waals surface area contributed by atoms with Crippen molar-refractivity contribution in [2.24, 2.45) is 0 Å². The number of aromatic nitrogens is 2. The Morgan fingerprint density at radius 3 is 2.74 bits per heavy atom. The van der Waals surface area contributed by atoms with Crippen LogP contribution in [0.2, 0.25) is 0 Å². The zero-order chi connectivity index (χ0) is 19.4. The number of Topliss-reactive ketones (excluding diaryl/α,β-unsaturated/α-hetero) is 1. The van der Waals surface area contributed by atoms with Crippen molar-refractivity contribution < 1.29 is 18.7 Å². The number of thiophene rings is 1. The third kappa shape index (κ3) is 4.59. The summed E-state index contributed by atoms with van der Waals surface area (Å²) in [6, 6.07) is 8.94. The molecule has 0 unspecified atom stereocenters. The van der Waals surface area contributed by atoms with Crippen molar-refractivity contribution in [3.8, 4) is 10.8 Å². The molecule has 0 N–H and O–H groups in total. The predicted octanol–water partition coefficient (Wildman–Crippen LogP) is 3.00. The molecule has 0 aliphatic rings. The average Bonchev–Trinajstić information content (AvgIpc) is 3.30. The number of ether oxygens (including phenoxy) is 1. The first-order valence-corrected chi connectivity index (χ1v) is 9.20. The standard InChI is InChI=1S/C19H18N2O5S/c1-12-5-6-14(10-13(12)2)15(22)11-25-17(23)7-8-21-19(24)26-18(20-21)16-4-3-9-27-16/h3-6,9-10H,7-8,11H2,1-2H3. The van der Waals surface area contributed by atoms with Gasteiger partial charge in [-0.3, -0.25) is 9.59 Å². The summed E-state index contributed by atoms with van der Waals surface area (Å²) in [7, 11) is 0. The lowest BCUT2D eigenvalue weighted by molar-refractivity contribution is -0.142. The van der Waals surface area contributed by atoms with Gasteiger partial charge in [-0.15, -0.1) is 16.4 Å². The highest BCUT2D eigenvalue weighted by Crippen LogP contribution is 2.21. The SMILES string of the molecule is Cc1ccc(C(=O)COC(=O)CCn2nc(-c3cccs3)oc2=O)cc1C. The molecular formula is C19H18N2O5S. The quantitative estimate of drug-likeness (QED) is 0.458. The van der Waals surface area contributed by atoms with E-state index in [4.69, 9.17) is 9.15 Å². The van der Waals surface area contributed by atoms with Gasteiger partial charge in [0.1, 0.15) is 0 Å². The van der Waals surface area contributed by atoms with Gasteiger partial charge < -0.3 is 9.15 Å². The summed E-state index contributed by atoms with van der Waals surface area (Å²) >= 11 is 1.40. The van der Waals surface area contributed by atoms with Crippen LogP contribution in [0.1, 0.15) is 27.9 Å². The van der Waals surface area contributed by atoms with Gasteiger partial charge in [0.25, 0.3) is 5.89 Å². The number of esters is 1. The number of carbonyl (C=O) groups excluding carboxylic acids is 2. The molecule has 2 aromatic heterocycles. The molecular weight excluding hydrogens is 368 g/mol. The van der Waals surface area contributed by atoms with Gasteiger partial charge in [-0.05, 0) is 42.5 Å². The smallest absolute Gasteiger partial charge is 0.437 e. The highest BCUT2D eigenvalue weighted by atomic mass is 32.1. The lowest BCUT2D eigenvalue weighted by Gasteiger charge is -2.06. The summed E-state index contributed by atoms with van der Waals surface area (Å²) < 4.78 is 11.1. The van der Waals surface area contributed by atoms with Crippen LogP contribution in [0.25, 0.3) is 10.8 Å². The molecule has 0 atom stereocenters. The number of carbonyl (C=O) groups is 2. The van der Waals surface area contributed by atoms with E-state index in [9.17, 15) is 14.4 Å². The third-order valence-electron chi connectivity index (χ3n) is 4.06. The molecule has 3 aromatic rings. The molecule has 3 rings (SSSR count). The van der Waals surface area contributed by atoms with E-state index in [0.717, 1.165) is 20.7 Å². The van der Waals surface area contributed by atoms with Crippen LogP contribution in [-0.4, -0.2) is 28.1 Å². The minimum atomic E-state index is -0.641. The first kappa shape index (κ1) is 18.8. The van der Waals surface area contributed by atoms with Crippen LogP contribution in [0.3, 0.4) is 0 Å². The molecule has 0 fully saturated rings. The minimum Gasteiger partial charge on any atom is -0.457 e. The number of ketones is 1. The maximum Gasteiger partial charge on any atom is 0.437 e. The van der Waals surface area contributed by atoms with E-state index < -0.39 is 11.7 Å². The second-order valence-electron chi connectivity index (χ2n) is 6.01. The zero-order valence-electron chi connectivity index (χ0n) is 14.9. The van der Waals surface area contributed by atoms with Gasteiger partial charge in [-0.2, -0.15) is 4.68 Å². The molecule has 1 aromatic carbocycles. The molecule has 8 heteroatoms. The molecule has 0 radical (unpaired) electrons. The first-order valence-electron chi connectivity index (χ1n) is 8.32. The summed E-state index contributed by atoms with van der Waals surface area (Å²) in [5.74, 6) is -1.28. The van der Waals surface area contributed by atoms with Gasteiger partial charge >= 0.3 is 11.7 Å². The maximum atomic E-state index is 12.1. The largest absolute Gasteiger partial charge is 0.457 e. The first-order chi connectivity index (χ1) is 12.9. The monoisotopic (exact) mass is 386 g/mol. The Labute approximate surface area is 159 Å². The molecule has 0 bridgehead atoms. The highest BCUT2D eigenvalue weighted by molar-refractivity contribution is 7.13. The Hall–Kier alpha value is -3.00. The Morgan fingerprint density at radius 1 is 1.22 bits per heavy atom. The molecule has 0 saturated carbocycles. The molecule has 0 spiro atoms. The Kier molecular flexibility index (Phi) is 5.66. The summed E-state index contributed by atoms with van der Waals surface area (Å²) in [4.78, 5) is 36.5. The number of aryl methyl sites for hydroxylation is 3. The number of hydrogen-bond acceptors (Lipinski definition) is 7. The third-order valence-corrected chi connectivity index (χ3v) is 4.92. The fourth-order valence-electron chi connectivity index (χ4n) is 2.36. The number of nitrogens with zero attached hydrogens (tertiary/aromatic N) is 2. The van der Waals surface area contributed by atoms with Crippen molar-refractivity contribution in [3.05, 3.63) is 63.0 Å². The van der Waals surface area contributed by atoms with Crippen LogP contribution in [0.4, 0.5) is 0 Å². The van der Waals surface area contributed by atoms with Gasteiger partial charge in [0.15, 0.2) is 12.4 Å². The second kappa shape index (κ2) is 8.13. The molecule has 2 heterocycles. The minimum absolute atomic E-state index is 0.0182. The Balaban J connectivity index is 1.52. The van der Waals surface area contributed by atoms with Crippen LogP contribution in [0.5, 0.6) is 0 Å². The molecule has 0 aliphatic carbocycles. The number of hydrogen-bond donors (Lipinski definition) is 0. The van der Waals surface area contributed by atoms with Gasteiger partial charge in [-0.1, -0.05) is 18.2 Å². The van der Waals surface area contributed by atoms with E-state index in [1.54, 1.807) is 18.2 Å². The molecule has 0 aliphatic heterocycles. The van der Waals surface area contributed by atoms with Crippen LogP contribution in [0.15, 0.2) is 44.9 Å². The maximum absolute atomic E-state index is 12.1. The van der Waals surface area contributed by atoms with E-state index in [-0.39, 0.29) is 31.2 Å². The van der Waals surface area contributed by atoms with E-state index >= 15 is 0 Å². The fourth-order valence-corrected chi connectivity index (χ4v) is 3.01. The molecule has 27 heavy (non-hydrogen) atoms. The lowest BCUT2D eigenvalue weighted by Crippen LogP contribution is -2.20. The van der Waals surface area contributed by atoms with Crippen molar-refractivity contribution >= 4 is 23.1 Å². The second-order valence-corrected chi connectivity index (χ2v) is 6.95. The van der Waals surface area contributed by atoms with Gasteiger partial charge in [0.2, 0.25) is 0 Å². The van der Waals surface area contributed by atoms with Gasteiger partial charge in [0.05, 0.1) is 17.8 Å². The summed E-state index contributed by atoms with van der Waals surface area (Å²) in [5.41, 5.74) is 2.59. The van der Waals surface area contributed by atoms with E-state index in [0.29, 0.717) is 5.56 Å². The predicted molar refractivity (Wildman–Crippen MR) is 99.9 cm³/mol. The number of benzene rings is 1. The van der Waals surface area contributed by atoms with Crippen molar-refractivity contribution in [3.63, 3.8) is 0 Å². The van der Waals surface area contributed by atoms with E-state index in [1.165, 1.54) is 11.3 Å².